The lowest BCUT2D eigenvalue weighted by molar-refractivity contribution is -0.0905. The van der Waals surface area contributed by atoms with Gasteiger partial charge in [-0.25, -0.2) is 0 Å². The Morgan fingerprint density at radius 3 is 2.32 bits per heavy atom. The summed E-state index contributed by atoms with van der Waals surface area (Å²) in [7, 11) is 0. The first-order chi connectivity index (χ1) is 8.96. The molecule has 2 N–H and O–H groups in total. The predicted octanol–water partition coefficient (Wildman–Crippen LogP) is 3.81. The molecule has 1 aromatic carbocycles. The number of benzene rings is 1. The molecule has 19 heavy (non-hydrogen) atoms. The number of nitrogens with two attached hydrogens (primary N) is 1. The van der Waals surface area contributed by atoms with Crippen LogP contribution >= 0.6 is 0 Å². The Morgan fingerprint density at radius 1 is 1.11 bits per heavy atom. The number of hydrogen-bond acceptors (Lipinski definition) is 2. The zero-order valence-corrected chi connectivity index (χ0v) is 12.5. The van der Waals surface area contributed by atoms with Crippen molar-refractivity contribution in [3.63, 3.8) is 0 Å². The summed E-state index contributed by atoms with van der Waals surface area (Å²) in [6.07, 6.45) is 4.58. The molecule has 1 aromatic rings. The van der Waals surface area contributed by atoms with Crippen LogP contribution in [-0.4, -0.2) is 12.1 Å². The van der Waals surface area contributed by atoms with Crippen molar-refractivity contribution in [3.8, 4) is 0 Å². The van der Waals surface area contributed by atoms with Crippen LogP contribution in [0.2, 0.25) is 0 Å². The fraction of sp³-hybridized carbons (Fsp3) is 0.647. The summed E-state index contributed by atoms with van der Waals surface area (Å²) >= 11 is 0. The van der Waals surface area contributed by atoms with Gasteiger partial charge in [0.25, 0.3) is 0 Å². The minimum absolute atomic E-state index is 0.0994. The Morgan fingerprint density at radius 2 is 1.74 bits per heavy atom. The van der Waals surface area contributed by atoms with Crippen molar-refractivity contribution in [2.45, 2.75) is 58.7 Å². The lowest BCUT2D eigenvalue weighted by Gasteiger charge is -2.43. The number of ether oxygens (including phenoxy) is 1. The van der Waals surface area contributed by atoms with Crippen LogP contribution in [0.25, 0.3) is 0 Å². The molecular formula is C17H27NO. The molecule has 1 saturated carbocycles. The van der Waals surface area contributed by atoms with E-state index in [2.05, 4.69) is 45.0 Å². The summed E-state index contributed by atoms with van der Waals surface area (Å²) in [5.74, 6) is 0. The molecular weight excluding hydrogens is 234 g/mol. The number of hydrogen-bond donors (Lipinski definition) is 1. The maximum Gasteiger partial charge on any atom is 0.0809 e. The van der Waals surface area contributed by atoms with Gasteiger partial charge in [-0.2, -0.15) is 0 Å². The zero-order chi connectivity index (χ0) is 13.9. The Bertz CT molecular complexity index is 415. The third-order valence-corrected chi connectivity index (χ3v) is 4.68. The molecule has 106 valence electrons. The maximum absolute atomic E-state index is 6.25. The summed E-state index contributed by atoms with van der Waals surface area (Å²) in [6.45, 7) is 8.14. The molecule has 1 fully saturated rings. The highest BCUT2D eigenvalue weighted by Gasteiger charge is 2.38. The highest BCUT2D eigenvalue weighted by molar-refractivity contribution is 5.24. The summed E-state index contributed by atoms with van der Waals surface area (Å²) in [4.78, 5) is 0. The van der Waals surface area contributed by atoms with Gasteiger partial charge in [-0.15, -0.1) is 0 Å². The highest BCUT2D eigenvalue weighted by Crippen LogP contribution is 2.41. The summed E-state index contributed by atoms with van der Waals surface area (Å²) < 4.78 is 6.25. The molecule has 0 atom stereocenters. The highest BCUT2D eigenvalue weighted by atomic mass is 16.5. The average molecular weight is 261 g/mol. The van der Waals surface area contributed by atoms with Gasteiger partial charge in [0.15, 0.2) is 0 Å². The fourth-order valence-corrected chi connectivity index (χ4v) is 2.79. The molecule has 0 radical (unpaired) electrons. The largest absolute Gasteiger partial charge is 0.369 e. The van der Waals surface area contributed by atoms with E-state index in [-0.39, 0.29) is 5.60 Å². The van der Waals surface area contributed by atoms with Crippen molar-refractivity contribution >= 4 is 0 Å². The molecule has 0 saturated heterocycles. The van der Waals surface area contributed by atoms with Crippen LogP contribution in [0.15, 0.2) is 24.3 Å². The van der Waals surface area contributed by atoms with Crippen LogP contribution in [0.5, 0.6) is 0 Å². The Balaban J connectivity index is 1.99. The first-order valence-electron chi connectivity index (χ1n) is 7.35. The van der Waals surface area contributed by atoms with Crippen molar-refractivity contribution < 1.29 is 4.74 Å². The molecule has 2 nitrogen and oxygen atoms in total. The van der Waals surface area contributed by atoms with Crippen LogP contribution in [0.1, 0.15) is 50.7 Å². The molecule has 0 spiro atoms. The second-order valence-electron chi connectivity index (χ2n) is 6.77. The quantitative estimate of drug-likeness (QED) is 0.894. The van der Waals surface area contributed by atoms with E-state index in [0.717, 1.165) is 12.8 Å². The van der Waals surface area contributed by atoms with E-state index in [4.69, 9.17) is 10.5 Å². The summed E-state index contributed by atoms with van der Waals surface area (Å²) in [5.41, 5.74) is 8.93. The van der Waals surface area contributed by atoms with E-state index in [1.54, 1.807) is 0 Å². The summed E-state index contributed by atoms with van der Waals surface area (Å²) in [5, 5.41) is 0. The van der Waals surface area contributed by atoms with Gasteiger partial charge in [-0.1, -0.05) is 38.1 Å². The Labute approximate surface area is 117 Å². The van der Waals surface area contributed by atoms with Crippen molar-refractivity contribution in [3.05, 3.63) is 35.4 Å². The third kappa shape index (κ3) is 3.58. The predicted molar refractivity (Wildman–Crippen MR) is 80.0 cm³/mol. The average Bonchev–Trinajstić information content (AvgIpc) is 2.40. The topological polar surface area (TPSA) is 35.2 Å². The number of aryl methyl sites for hydroxylation is 1. The molecule has 0 unspecified atom stereocenters. The van der Waals surface area contributed by atoms with Gasteiger partial charge in [0.2, 0.25) is 0 Å². The van der Waals surface area contributed by atoms with Gasteiger partial charge in [-0.05, 0) is 49.1 Å². The monoisotopic (exact) mass is 261 g/mol. The standard InChI is InChI=1S/C17H27NO/c1-14-6-4-5-7-15(14)12-19-17(13-18)10-8-16(2,3)9-11-17/h4-7H,8-13,18H2,1-3H3. The lowest BCUT2D eigenvalue weighted by Crippen LogP contribution is -2.45. The van der Waals surface area contributed by atoms with E-state index in [1.807, 2.05) is 0 Å². The van der Waals surface area contributed by atoms with Gasteiger partial charge in [0.05, 0.1) is 12.2 Å². The molecule has 0 amide bonds. The zero-order valence-electron chi connectivity index (χ0n) is 12.5. The molecule has 1 aliphatic carbocycles. The Hall–Kier alpha value is -0.860. The van der Waals surface area contributed by atoms with E-state index in [1.165, 1.54) is 24.0 Å². The van der Waals surface area contributed by atoms with Gasteiger partial charge >= 0.3 is 0 Å². The van der Waals surface area contributed by atoms with E-state index >= 15 is 0 Å². The molecule has 2 heteroatoms. The maximum atomic E-state index is 6.25. The van der Waals surface area contributed by atoms with Crippen LogP contribution < -0.4 is 5.73 Å². The lowest BCUT2D eigenvalue weighted by atomic mass is 9.71. The molecule has 0 aromatic heterocycles. The minimum atomic E-state index is -0.0994. The van der Waals surface area contributed by atoms with Crippen molar-refractivity contribution in [1.29, 1.82) is 0 Å². The van der Waals surface area contributed by atoms with Crippen LogP contribution in [0, 0.1) is 12.3 Å². The second-order valence-corrected chi connectivity index (χ2v) is 6.77. The van der Waals surface area contributed by atoms with Crippen molar-refractivity contribution in [2.24, 2.45) is 11.1 Å². The summed E-state index contributed by atoms with van der Waals surface area (Å²) in [6, 6.07) is 8.43. The van der Waals surface area contributed by atoms with Gasteiger partial charge < -0.3 is 10.5 Å². The first kappa shape index (κ1) is 14.5. The number of rotatable bonds is 4. The third-order valence-electron chi connectivity index (χ3n) is 4.68. The molecule has 1 aliphatic rings. The second kappa shape index (κ2) is 5.64. The SMILES string of the molecule is Cc1ccccc1COC1(CN)CCC(C)(C)CC1. The Kier molecular flexibility index (Phi) is 4.32. The smallest absolute Gasteiger partial charge is 0.0809 e. The first-order valence-corrected chi connectivity index (χ1v) is 7.35. The van der Waals surface area contributed by atoms with Crippen molar-refractivity contribution in [2.75, 3.05) is 6.54 Å². The van der Waals surface area contributed by atoms with E-state index in [0.29, 0.717) is 18.6 Å². The van der Waals surface area contributed by atoms with Crippen LogP contribution in [0.4, 0.5) is 0 Å². The van der Waals surface area contributed by atoms with Gasteiger partial charge in [-0.3, -0.25) is 0 Å². The molecule has 0 heterocycles. The molecule has 2 rings (SSSR count). The van der Waals surface area contributed by atoms with Crippen molar-refractivity contribution in [1.82, 2.24) is 0 Å². The van der Waals surface area contributed by atoms with Crippen LogP contribution in [0.3, 0.4) is 0 Å². The minimum Gasteiger partial charge on any atom is -0.369 e. The molecule has 0 aliphatic heterocycles. The molecule has 0 bridgehead atoms. The van der Waals surface area contributed by atoms with Gasteiger partial charge in [0, 0.05) is 6.54 Å². The van der Waals surface area contributed by atoms with E-state index in [9.17, 15) is 0 Å². The van der Waals surface area contributed by atoms with Gasteiger partial charge in [0.1, 0.15) is 0 Å². The fourth-order valence-electron chi connectivity index (χ4n) is 2.79. The van der Waals surface area contributed by atoms with E-state index < -0.39 is 0 Å². The van der Waals surface area contributed by atoms with Crippen LogP contribution in [-0.2, 0) is 11.3 Å². The normalized spacial score (nSPS) is 21.3.